The number of aromatic hydroxyl groups is 1. The van der Waals surface area contributed by atoms with Crippen molar-refractivity contribution in [3.05, 3.63) is 61.1 Å². The summed E-state index contributed by atoms with van der Waals surface area (Å²) in [4.78, 5) is 24.5. The Bertz CT molecular complexity index is 1100. The molecule has 10 heteroatoms. The van der Waals surface area contributed by atoms with Gasteiger partial charge < -0.3 is 10.2 Å². The number of amides is 1. The van der Waals surface area contributed by atoms with Crippen LogP contribution in [0.1, 0.15) is 31.1 Å². The van der Waals surface area contributed by atoms with E-state index in [1.165, 1.54) is 23.5 Å². The van der Waals surface area contributed by atoms with E-state index in [9.17, 15) is 14.7 Å². The van der Waals surface area contributed by atoms with Crippen LogP contribution in [0.25, 0.3) is 10.4 Å². The fourth-order valence-corrected chi connectivity index (χ4v) is 4.25. The van der Waals surface area contributed by atoms with Gasteiger partial charge in [-0.15, -0.1) is 22.7 Å². The summed E-state index contributed by atoms with van der Waals surface area (Å²) in [5, 5.41) is 24.0. The summed E-state index contributed by atoms with van der Waals surface area (Å²) in [6.45, 7) is 1.68. The van der Waals surface area contributed by atoms with Gasteiger partial charge in [-0.3, -0.25) is 4.79 Å². The Morgan fingerprint density at radius 3 is 2.36 bits per heavy atom. The molecule has 2 aromatic heterocycles. The number of benzene rings is 1. The van der Waals surface area contributed by atoms with Crippen LogP contribution in [0.15, 0.2) is 41.5 Å². The van der Waals surface area contributed by atoms with Gasteiger partial charge in [-0.2, -0.15) is 5.10 Å². The third kappa shape index (κ3) is 4.36. The Kier molecular flexibility index (Phi) is 6.04. The molecule has 3 aromatic rings. The minimum atomic E-state index is -1.09. The summed E-state index contributed by atoms with van der Waals surface area (Å²) in [6, 6.07) is 9.37. The predicted octanol–water partition coefficient (Wildman–Crippen LogP) is 5.34. The van der Waals surface area contributed by atoms with Gasteiger partial charge in [-0.1, -0.05) is 29.3 Å². The first-order valence-electron chi connectivity index (χ1n) is 7.72. The van der Waals surface area contributed by atoms with Gasteiger partial charge in [0.05, 0.1) is 30.4 Å². The first kappa shape index (κ1) is 20.3. The van der Waals surface area contributed by atoms with E-state index in [0.29, 0.717) is 31.1 Å². The van der Waals surface area contributed by atoms with E-state index in [2.05, 4.69) is 10.5 Å². The molecule has 6 nitrogen and oxygen atoms in total. The van der Waals surface area contributed by atoms with E-state index in [4.69, 9.17) is 28.3 Å². The van der Waals surface area contributed by atoms with Gasteiger partial charge in [0.15, 0.2) is 0 Å². The molecule has 28 heavy (non-hydrogen) atoms. The minimum absolute atomic E-state index is 0.0589. The number of carbonyl (C=O) groups excluding carboxylic acids is 1. The smallest absolute Gasteiger partial charge is 0.345 e. The number of carboxylic acid groups (broad SMARTS) is 1. The highest BCUT2D eigenvalue weighted by Gasteiger charge is 2.15. The van der Waals surface area contributed by atoms with E-state index in [1.54, 1.807) is 31.2 Å². The quantitative estimate of drug-likeness (QED) is 0.357. The predicted molar refractivity (Wildman–Crippen MR) is 112 cm³/mol. The number of hydrazone groups is 1. The molecule has 1 amide bonds. The van der Waals surface area contributed by atoms with Gasteiger partial charge >= 0.3 is 5.97 Å². The molecular weight excluding hydrogens is 443 g/mol. The van der Waals surface area contributed by atoms with E-state index >= 15 is 0 Å². The molecule has 0 unspecified atom stereocenters. The molecule has 0 spiro atoms. The minimum Gasteiger partial charge on any atom is -0.506 e. The lowest BCUT2D eigenvalue weighted by molar-refractivity contribution is 0.0702. The van der Waals surface area contributed by atoms with Crippen molar-refractivity contribution in [2.45, 2.75) is 6.92 Å². The molecular formula is C18H12Cl2N2O4S2. The molecule has 0 saturated heterocycles. The Hall–Kier alpha value is -2.39. The number of halogens is 2. The standard InChI is InChI=1S/C18H12Cl2N2O4S2/c1-8(21-22-17(24)13-4-5-14(27-13)18(25)26)15-7-12(23)16(28-15)9-2-3-10(19)11(20)6-9/h2-7,23H,1H3,(H,22,24)(H,25,26)/b21-8-. The summed E-state index contributed by atoms with van der Waals surface area (Å²) in [6.07, 6.45) is 0. The Balaban J connectivity index is 1.78. The van der Waals surface area contributed by atoms with Gasteiger partial charge in [-0.05, 0) is 36.8 Å². The van der Waals surface area contributed by atoms with Gasteiger partial charge in [0.1, 0.15) is 10.6 Å². The Morgan fingerprint density at radius 2 is 1.71 bits per heavy atom. The highest BCUT2D eigenvalue weighted by molar-refractivity contribution is 7.18. The zero-order valence-corrected chi connectivity index (χ0v) is 17.3. The Morgan fingerprint density at radius 1 is 1.00 bits per heavy atom. The maximum Gasteiger partial charge on any atom is 0.345 e. The monoisotopic (exact) mass is 454 g/mol. The molecule has 0 saturated carbocycles. The number of nitrogens with one attached hydrogen (secondary N) is 1. The summed E-state index contributed by atoms with van der Waals surface area (Å²) >= 11 is 14.1. The first-order chi connectivity index (χ1) is 13.3. The zero-order valence-electron chi connectivity index (χ0n) is 14.2. The lowest BCUT2D eigenvalue weighted by atomic mass is 10.2. The maximum atomic E-state index is 12.1. The molecule has 3 N–H and O–H groups in total. The van der Waals surface area contributed by atoms with Gasteiger partial charge in [0.2, 0.25) is 0 Å². The van der Waals surface area contributed by atoms with E-state index in [1.807, 2.05) is 0 Å². The van der Waals surface area contributed by atoms with Crippen molar-refractivity contribution < 1.29 is 19.8 Å². The topological polar surface area (TPSA) is 99.0 Å². The lowest BCUT2D eigenvalue weighted by Crippen LogP contribution is -2.17. The highest BCUT2D eigenvalue weighted by atomic mass is 35.5. The summed E-state index contributed by atoms with van der Waals surface area (Å²) < 4.78 is 0. The second kappa shape index (κ2) is 8.32. The number of carboxylic acids is 1. The zero-order chi connectivity index (χ0) is 20.4. The first-order valence-corrected chi connectivity index (χ1v) is 10.1. The van der Waals surface area contributed by atoms with Crippen LogP contribution in [0.5, 0.6) is 5.75 Å². The van der Waals surface area contributed by atoms with E-state index in [-0.39, 0.29) is 15.5 Å². The number of hydrogen-bond acceptors (Lipinski definition) is 6. The van der Waals surface area contributed by atoms with E-state index < -0.39 is 11.9 Å². The lowest BCUT2D eigenvalue weighted by Gasteiger charge is -2.01. The summed E-state index contributed by atoms with van der Waals surface area (Å²) in [5.74, 6) is -1.54. The van der Waals surface area contributed by atoms with Crippen LogP contribution >= 0.6 is 45.9 Å². The summed E-state index contributed by atoms with van der Waals surface area (Å²) in [5.41, 5.74) is 3.58. The van der Waals surface area contributed by atoms with Crippen molar-refractivity contribution in [3.63, 3.8) is 0 Å². The second-order valence-corrected chi connectivity index (χ2v) is 8.51. The third-order valence-electron chi connectivity index (χ3n) is 3.62. The van der Waals surface area contributed by atoms with Crippen LogP contribution in [-0.4, -0.2) is 27.8 Å². The molecule has 0 bridgehead atoms. The maximum absolute atomic E-state index is 12.1. The molecule has 0 fully saturated rings. The van der Waals surface area contributed by atoms with Crippen molar-refractivity contribution in [2.24, 2.45) is 5.10 Å². The Labute approximate surface area is 177 Å². The fraction of sp³-hybridized carbons (Fsp3) is 0.0556. The van der Waals surface area contributed by atoms with Crippen LogP contribution in [0.3, 0.4) is 0 Å². The summed E-state index contributed by atoms with van der Waals surface area (Å²) in [7, 11) is 0. The number of rotatable bonds is 5. The van der Waals surface area contributed by atoms with Crippen molar-refractivity contribution in [3.8, 4) is 16.2 Å². The van der Waals surface area contributed by atoms with Crippen LogP contribution < -0.4 is 5.43 Å². The average molecular weight is 455 g/mol. The largest absolute Gasteiger partial charge is 0.506 e. The number of nitrogens with zero attached hydrogens (tertiary/aromatic N) is 1. The number of carbonyl (C=O) groups is 2. The molecule has 3 rings (SSSR count). The van der Waals surface area contributed by atoms with Crippen LogP contribution in [0.2, 0.25) is 10.0 Å². The SMILES string of the molecule is C/C(=N/NC(=O)c1ccc(C(=O)O)s1)c1cc(O)c(-c2ccc(Cl)c(Cl)c2)s1. The molecule has 144 valence electrons. The van der Waals surface area contributed by atoms with Crippen molar-refractivity contribution in [1.29, 1.82) is 0 Å². The average Bonchev–Trinajstić information content (AvgIpc) is 3.29. The van der Waals surface area contributed by atoms with Crippen LogP contribution in [0.4, 0.5) is 0 Å². The number of hydrogen-bond donors (Lipinski definition) is 3. The third-order valence-corrected chi connectivity index (χ3v) is 6.71. The molecule has 0 aliphatic heterocycles. The molecule has 0 aliphatic rings. The van der Waals surface area contributed by atoms with Gasteiger partial charge in [0.25, 0.3) is 5.91 Å². The van der Waals surface area contributed by atoms with Crippen LogP contribution in [-0.2, 0) is 0 Å². The number of aromatic carboxylic acids is 1. The second-order valence-electron chi connectivity index (χ2n) is 5.56. The molecule has 0 atom stereocenters. The molecule has 0 radical (unpaired) electrons. The van der Waals surface area contributed by atoms with Gasteiger partial charge in [-0.25, -0.2) is 10.2 Å². The highest BCUT2D eigenvalue weighted by Crippen LogP contribution is 2.39. The van der Waals surface area contributed by atoms with Crippen LogP contribution in [0, 0.1) is 0 Å². The van der Waals surface area contributed by atoms with Crippen molar-refractivity contribution in [1.82, 2.24) is 5.43 Å². The molecule has 1 aromatic carbocycles. The van der Waals surface area contributed by atoms with Gasteiger partial charge in [0, 0.05) is 6.07 Å². The molecule has 2 heterocycles. The van der Waals surface area contributed by atoms with E-state index in [0.717, 1.165) is 11.3 Å². The fourth-order valence-electron chi connectivity index (χ4n) is 2.22. The number of thiophene rings is 2. The molecule has 0 aliphatic carbocycles. The van der Waals surface area contributed by atoms with Crippen molar-refractivity contribution in [2.75, 3.05) is 0 Å². The van der Waals surface area contributed by atoms with Crippen molar-refractivity contribution >= 4 is 63.5 Å². The normalized spacial score (nSPS) is 11.5.